The summed E-state index contributed by atoms with van der Waals surface area (Å²) in [5.74, 6) is -0.318. The van der Waals surface area contributed by atoms with E-state index in [0.717, 1.165) is 19.5 Å². The molecule has 1 aromatic carbocycles. The van der Waals surface area contributed by atoms with Gasteiger partial charge in [0, 0.05) is 30.6 Å². The Morgan fingerprint density at radius 3 is 2.89 bits per heavy atom. The molecule has 1 aromatic rings. The second-order valence-corrected chi connectivity index (χ2v) is 5.82. The molecule has 1 fully saturated rings. The number of aliphatic hydroxyl groups excluding tert-OH is 1. The Balaban J connectivity index is 2.09. The molecule has 2 rings (SSSR count). The van der Waals surface area contributed by atoms with Crippen molar-refractivity contribution in [3.63, 3.8) is 0 Å². The third-order valence-corrected chi connectivity index (χ3v) is 3.75. The summed E-state index contributed by atoms with van der Waals surface area (Å²) in [5, 5.41) is 9.90. The predicted molar refractivity (Wildman–Crippen MR) is 70.5 cm³/mol. The van der Waals surface area contributed by atoms with Crippen LogP contribution in [0.4, 0.5) is 10.1 Å². The van der Waals surface area contributed by atoms with Crippen LogP contribution in [0, 0.1) is 11.2 Å². The lowest BCUT2D eigenvalue weighted by Gasteiger charge is -2.41. The van der Waals surface area contributed by atoms with Crippen LogP contribution in [0.15, 0.2) is 18.2 Å². The standard InChI is InChI=1S/C14H21FN2O/c1-14(2)9-17(7-6-12(14)18)8-10-4-3-5-11(16)13(10)15/h3-5,12,18H,6-9,16H2,1-2H3. The third-order valence-electron chi connectivity index (χ3n) is 3.75. The molecule has 1 saturated heterocycles. The van der Waals surface area contributed by atoms with Gasteiger partial charge in [0.1, 0.15) is 0 Å². The van der Waals surface area contributed by atoms with Crippen molar-refractivity contribution in [2.45, 2.75) is 32.9 Å². The first-order chi connectivity index (χ1) is 8.40. The number of likely N-dealkylation sites (tertiary alicyclic amines) is 1. The van der Waals surface area contributed by atoms with E-state index >= 15 is 0 Å². The SMILES string of the molecule is CC1(C)CN(Cc2cccc(N)c2F)CCC1O. The van der Waals surface area contributed by atoms with E-state index in [2.05, 4.69) is 4.90 Å². The molecule has 1 heterocycles. The van der Waals surface area contributed by atoms with E-state index < -0.39 is 0 Å². The maximum atomic E-state index is 13.8. The number of rotatable bonds is 2. The van der Waals surface area contributed by atoms with E-state index in [9.17, 15) is 9.50 Å². The van der Waals surface area contributed by atoms with Crippen LogP contribution in [0.2, 0.25) is 0 Å². The summed E-state index contributed by atoms with van der Waals surface area (Å²) in [6.07, 6.45) is 0.455. The molecule has 0 spiro atoms. The zero-order valence-corrected chi connectivity index (χ0v) is 11.0. The highest BCUT2D eigenvalue weighted by atomic mass is 19.1. The van der Waals surface area contributed by atoms with Crippen LogP contribution < -0.4 is 5.73 Å². The van der Waals surface area contributed by atoms with Gasteiger partial charge < -0.3 is 10.8 Å². The van der Waals surface area contributed by atoms with Crippen molar-refractivity contribution < 1.29 is 9.50 Å². The van der Waals surface area contributed by atoms with Gasteiger partial charge in [-0.25, -0.2) is 4.39 Å². The molecule has 4 heteroatoms. The summed E-state index contributed by atoms with van der Waals surface area (Å²) < 4.78 is 13.8. The predicted octanol–water partition coefficient (Wildman–Crippen LogP) is 2.00. The Morgan fingerprint density at radius 1 is 1.50 bits per heavy atom. The highest BCUT2D eigenvalue weighted by Crippen LogP contribution is 2.30. The minimum atomic E-state index is -0.318. The Morgan fingerprint density at radius 2 is 2.22 bits per heavy atom. The number of benzene rings is 1. The molecule has 3 nitrogen and oxygen atoms in total. The molecule has 0 aromatic heterocycles. The lowest BCUT2D eigenvalue weighted by atomic mass is 9.81. The van der Waals surface area contributed by atoms with Crippen molar-refractivity contribution in [1.82, 2.24) is 4.90 Å². The van der Waals surface area contributed by atoms with E-state index in [1.165, 1.54) is 0 Å². The van der Waals surface area contributed by atoms with Crippen LogP contribution in [0.5, 0.6) is 0 Å². The van der Waals surface area contributed by atoms with E-state index in [1.807, 2.05) is 13.8 Å². The first kappa shape index (κ1) is 13.3. The molecule has 100 valence electrons. The average molecular weight is 252 g/mol. The van der Waals surface area contributed by atoms with Gasteiger partial charge in [-0.1, -0.05) is 26.0 Å². The summed E-state index contributed by atoms with van der Waals surface area (Å²) in [5.41, 5.74) is 6.25. The Labute approximate surface area is 107 Å². The van der Waals surface area contributed by atoms with Crippen molar-refractivity contribution in [1.29, 1.82) is 0 Å². The number of anilines is 1. The molecule has 1 atom stereocenters. The van der Waals surface area contributed by atoms with Crippen LogP contribution in [-0.4, -0.2) is 29.2 Å². The molecule has 1 unspecified atom stereocenters. The number of nitrogens with two attached hydrogens (primary N) is 1. The summed E-state index contributed by atoms with van der Waals surface area (Å²) in [6.45, 7) is 6.19. The first-order valence-corrected chi connectivity index (χ1v) is 6.33. The van der Waals surface area contributed by atoms with Gasteiger partial charge in [0.05, 0.1) is 11.8 Å². The quantitative estimate of drug-likeness (QED) is 0.792. The van der Waals surface area contributed by atoms with Crippen LogP contribution in [-0.2, 0) is 6.54 Å². The number of hydrogen-bond donors (Lipinski definition) is 2. The van der Waals surface area contributed by atoms with E-state index in [4.69, 9.17) is 5.73 Å². The topological polar surface area (TPSA) is 49.5 Å². The third kappa shape index (κ3) is 2.65. The van der Waals surface area contributed by atoms with Gasteiger partial charge in [0.25, 0.3) is 0 Å². The zero-order chi connectivity index (χ0) is 13.3. The van der Waals surface area contributed by atoms with Gasteiger partial charge in [-0.2, -0.15) is 0 Å². The second-order valence-electron chi connectivity index (χ2n) is 5.82. The van der Waals surface area contributed by atoms with Crippen LogP contribution in [0.25, 0.3) is 0 Å². The van der Waals surface area contributed by atoms with E-state index in [1.54, 1.807) is 18.2 Å². The van der Waals surface area contributed by atoms with Crippen molar-refractivity contribution in [3.8, 4) is 0 Å². The van der Waals surface area contributed by atoms with Gasteiger partial charge in [-0.3, -0.25) is 4.90 Å². The second kappa shape index (κ2) is 4.86. The zero-order valence-electron chi connectivity index (χ0n) is 11.0. The molecule has 0 saturated carbocycles. The van der Waals surface area contributed by atoms with Crippen LogP contribution >= 0.6 is 0 Å². The largest absolute Gasteiger partial charge is 0.396 e. The van der Waals surface area contributed by atoms with Crippen LogP contribution in [0.1, 0.15) is 25.8 Å². The molecular weight excluding hydrogens is 231 g/mol. The monoisotopic (exact) mass is 252 g/mol. The molecule has 18 heavy (non-hydrogen) atoms. The van der Waals surface area contributed by atoms with Gasteiger partial charge >= 0.3 is 0 Å². The minimum Gasteiger partial charge on any atom is -0.396 e. The smallest absolute Gasteiger partial charge is 0.150 e. The van der Waals surface area contributed by atoms with E-state index in [0.29, 0.717) is 12.1 Å². The molecule has 0 radical (unpaired) electrons. The van der Waals surface area contributed by atoms with E-state index in [-0.39, 0.29) is 23.0 Å². The maximum absolute atomic E-state index is 13.8. The Bertz CT molecular complexity index is 434. The Hall–Kier alpha value is -1.13. The summed E-state index contributed by atoms with van der Waals surface area (Å²) in [6, 6.07) is 5.12. The molecule has 1 aliphatic heterocycles. The number of piperidine rings is 1. The number of nitrogens with zero attached hydrogens (tertiary/aromatic N) is 1. The fourth-order valence-corrected chi connectivity index (χ4v) is 2.55. The summed E-state index contributed by atoms with van der Waals surface area (Å²) in [4.78, 5) is 2.17. The Kier molecular flexibility index (Phi) is 3.59. The summed E-state index contributed by atoms with van der Waals surface area (Å²) >= 11 is 0. The fraction of sp³-hybridized carbons (Fsp3) is 0.571. The first-order valence-electron chi connectivity index (χ1n) is 6.33. The number of halogens is 1. The lowest BCUT2D eigenvalue weighted by molar-refractivity contribution is -0.0272. The number of nitrogen functional groups attached to an aromatic ring is 1. The minimum absolute atomic E-state index is 0.144. The van der Waals surface area contributed by atoms with Crippen molar-refractivity contribution in [2.75, 3.05) is 18.8 Å². The molecule has 1 aliphatic rings. The normalized spacial score (nSPS) is 24.1. The highest BCUT2D eigenvalue weighted by molar-refractivity contribution is 5.42. The fourth-order valence-electron chi connectivity index (χ4n) is 2.55. The van der Waals surface area contributed by atoms with Gasteiger partial charge in [-0.15, -0.1) is 0 Å². The van der Waals surface area contributed by atoms with Crippen molar-refractivity contribution in [2.24, 2.45) is 5.41 Å². The van der Waals surface area contributed by atoms with Crippen LogP contribution in [0.3, 0.4) is 0 Å². The molecule has 0 bridgehead atoms. The average Bonchev–Trinajstić information content (AvgIpc) is 2.29. The molecule has 0 aliphatic carbocycles. The molecule has 0 amide bonds. The number of aliphatic hydroxyl groups is 1. The molecular formula is C14H21FN2O. The maximum Gasteiger partial charge on any atom is 0.150 e. The summed E-state index contributed by atoms with van der Waals surface area (Å²) in [7, 11) is 0. The van der Waals surface area contributed by atoms with Gasteiger partial charge in [0.2, 0.25) is 0 Å². The lowest BCUT2D eigenvalue weighted by Crippen LogP contribution is -2.48. The number of hydrogen-bond acceptors (Lipinski definition) is 3. The van der Waals surface area contributed by atoms with Gasteiger partial charge in [0.15, 0.2) is 5.82 Å². The van der Waals surface area contributed by atoms with Gasteiger partial charge in [-0.05, 0) is 12.5 Å². The van der Waals surface area contributed by atoms with Crippen molar-refractivity contribution >= 4 is 5.69 Å². The molecule has 3 N–H and O–H groups in total. The highest BCUT2D eigenvalue weighted by Gasteiger charge is 2.34. The van der Waals surface area contributed by atoms with Crippen molar-refractivity contribution in [3.05, 3.63) is 29.6 Å².